The van der Waals surface area contributed by atoms with Gasteiger partial charge in [0.1, 0.15) is 0 Å². The summed E-state index contributed by atoms with van der Waals surface area (Å²) in [6.07, 6.45) is 5.59. The Bertz CT molecular complexity index is 972. The standard InChI is InChI=1S/C23H30N6O.HI/c1-24-23(26-14-7-15-29-17-11-19-8-3-4-10-21(19)29)27-18-22(30)28(2)16-12-20-9-5-6-13-25-20;/h3-6,8-11,13,17H,7,12,14-16,18H2,1-2H3,(H2,24,26,27);1H. The number of fused-ring (bicyclic) bond motifs is 1. The van der Waals surface area contributed by atoms with Crippen LogP contribution in [0.15, 0.2) is 65.9 Å². The molecule has 0 atom stereocenters. The van der Waals surface area contributed by atoms with Gasteiger partial charge in [-0.25, -0.2) is 0 Å². The van der Waals surface area contributed by atoms with E-state index in [0.717, 1.165) is 31.6 Å². The number of pyridine rings is 1. The normalized spacial score (nSPS) is 11.1. The lowest BCUT2D eigenvalue weighted by molar-refractivity contribution is -0.128. The first kappa shape index (κ1) is 24.6. The number of rotatable bonds is 9. The number of benzene rings is 1. The van der Waals surface area contributed by atoms with Crippen LogP contribution in [0, 0.1) is 0 Å². The van der Waals surface area contributed by atoms with Crippen LogP contribution in [0.5, 0.6) is 0 Å². The third-order valence-electron chi connectivity index (χ3n) is 5.03. The monoisotopic (exact) mass is 534 g/mol. The van der Waals surface area contributed by atoms with Crippen LogP contribution in [0.3, 0.4) is 0 Å². The number of halogens is 1. The Kier molecular flexibility index (Phi) is 10.3. The Labute approximate surface area is 201 Å². The largest absolute Gasteiger partial charge is 0.356 e. The van der Waals surface area contributed by atoms with E-state index >= 15 is 0 Å². The van der Waals surface area contributed by atoms with Crippen LogP contribution in [0.2, 0.25) is 0 Å². The van der Waals surface area contributed by atoms with E-state index in [1.54, 1.807) is 18.1 Å². The van der Waals surface area contributed by atoms with Crippen molar-refractivity contribution in [3.05, 3.63) is 66.6 Å². The first-order valence-electron chi connectivity index (χ1n) is 10.3. The first-order valence-corrected chi connectivity index (χ1v) is 10.3. The van der Waals surface area contributed by atoms with E-state index in [1.807, 2.05) is 25.2 Å². The molecule has 0 aliphatic heterocycles. The number of para-hydroxylation sites is 1. The van der Waals surface area contributed by atoms with Crippen LogP contribution in [-0.2, 0) is 17.8 Å². The Balaban J connectivity index is 0.00000341. The number of aliphatic imine (C=N–C) groups is 1. The lowest BCUT2D eigenvalue weighted by Gasteiger charge is -2.18. The summed E-state index contributed by atoms with van der Waals surface area (Å²) in [5, 5.41) is 7.63. The molecule has 1 aromatic carbocycles. The zero-order valence-corrected chi connectivity index (χ0v) is 20.5. The molecule has 0 aliphatic rings. The molecule has 166 valence electrons. The highest BCUT2D eigenvalue weighted by molar-refractivity contribution is 14.0. The van der Waals surface area contributed by atoms with Gasteiger partial charge in [0.25, 0.3) is 0 Å². The summed E-state index contributed by atoms with van der Waals surface area (Å²) >= 11 is 0. The van der Waals surface area contributed by atoms with Crippen LogP contribution in [0.4, 0.5) is 0 Å². The SMILES string of the molecule is CN=C(NCCCn1ccc2ccccc21)NCC(=O)N(C)CCc1ccccn1.I. The second-order valence-corrected chi connectivity index (χ2v) is 7.16. The smallest absolute Gasteiger partial charge is 0.241 e. The molecule has 7 nitrogen and oxygen atoms in total. The summed E-state index contributed by atoms with van der Waals surface area (Å²) in [4.78, 5) is 22.6. The van der Waals surface area contributed by atoms with Crippen molar-refractivity contribution in [2.45, 2.75) is 19.4 Å². The topological polar surface area (TPSA) is 74.6 Å². The average molecular weight is 534 g/mol. The van der Waals surface area contributed by atoms with Gasteiger partial charge in [-0.3, -0.25) is 14.8 Å². The Morgan fingerprint density at radius 2 is 1.94 bits per heavy atom. The summed E-state index contributed by atoms with van der Waals surface area (Å²) in [7, 11) is 3.52. The second-order valence-electron chi connectivity index (χ2n) is 7.16. The van der Waals surface area contributed by atoms with Gasteiger partial charge in [-0.05, 0) is 36.1 Å². The van der Waals surface area contributed by atoms with E-state index < -0.39 is 0 Å². The number of hydrogen-bond acceptors (Lipinski definition) is 3. The number of amides is 1. The molecule has 2 aromatic heterocycles. The molecular weight excluding hydrogens is 503 g/mol. The molecule has 2 heterocycles. The Morgan fingerprint density at radius 1 is 1.13 bits per heavy atom. The van der Waals surface area contributed by atoms with Crippen molar-refractivity contribution in [1.29, 1.82) is 0 Å². The molecule has 0 unspecified atom stereocenters. The van der Waals surface area contributed by atoms with Gasteiger partial charge >= 0.3 is 0 Å². The summed E-state index contributed by atoms with van der Waals surface area (Å²) in [6, 6.07) is 16.3. The van der Waals surface area contributed by atoms with Crippen molar-refractivity contribution in [3.63, 3.8) is 0 Å². The Hall–Kier alpha value is -2.62. The van der Waals surface area contributed by atoms with Gasteiger partial charge in [0.15, 0.2) is 5.96 Å². The zero-order chi connectivity index (χ0) is 21.2. The van der Waals surface area contributed by atoms with Gasteiger partial charge in [-0.2, -0.15) is 0 Å². The maximum absolute atomic E-state index is 12.4. The summed E-state index contributed by atoms with van der Waals surface area (Å²) < 4.78 is 2.26. The van der Waals surface area contributed by atoms with Crippen molar-refractivity contribution in [1.82, 2.24) is 25.1 Å². The third-order valence-corrected chi connectivity index (χ3v) is 5.03. The minimum Gasteiger partial charge on any atom is -0.356 e. The predicted octanol–water partition coefficient (Wildman–Crippen LogP) is 2.91. The van der Waals surface area contributed by atoms with Crippen LogP contribution in [-0.4, -0.2) is 60.0 Å². The molecule has 1 amide bonds. The quantitative estimate of drug-likeness (QED) is 0.192. The van der Waals surface area contributed by atoms with Crippen LogP contribution < -0.4 is 10.6 Å². The molecule has 0 aliphatic carbocycles. The molecule has 0 spiro atoms. The van der Waals surface area contributed by atoms with Gasteiger partial charge in [-0.15, -0.1) is 24.0 Å². The fourth-order valence-electron chi connectivity index (χ4n) is 3.26. The first-order chi connectivity index (χ1) is 14.7. The van der Waals surface area contributed by atoms with E-state index in [1.165, 1.54) is 10.9 Å². The molecule has 8 heteroatoms. The molecule has 0 saturated heterocycles. The summed E-state index contributed by atoms with van der Waals surface area (Å²) in [6.45, 7) is 2.54. The molecule has 0 radical (unpaired) electrons. The van der Waals surface area contributed by atoms with Crippen LogP contribution in [0.25, 0.3) is 10.9 Å². The van der Waals surface area contributed by atoms with Crippen molar-refractivity contribution < 1.29 is 4.79 Å². The van der Waals surface area contributed by atoms with Crippen molar-refractivity contribution in [2.24, 2.45) is 4.99 Å². The fourth-order valence-corrected chi connectivity index (χ4v) is 3.26. The maximum atomic E-state index is 12.4. The van der Waals surface area contributed by atoms with Gasteiger partial charge in [0.05, 0.1) is 6.54 Å². The highest BCUT2D eigenvalue weighted by Gasteiger charge is 2.10. The fraction of sp³-hybridized carbons (Fsp3) is 0.348. The number of likely N-dealkylation sites (N-methyl/N-ethyl adjacent to an activating group) is 1. The number of hydrogen-bond donors (Lipinski definition) is 2. The van der Waals surface area contributed by atoms with E-state index in [0.29, 0.717) is 12.5 Å². The minimum absolute atomic E-state index is 0. The van der Waals surface area contributed by atoms with Gasteiger partial charge in [-0.1, -0.05) is 24.3 Å². The van der Waals surface area contributed by atoms with E-state index in [2.05, 4.69) is 61.7 Å². The number of carbonyl (C=O) groups is 1. The van der Waals surface area contributed by atoms with Crippen molar-refractivity contribution >= 4 is 46.7 Å². The zero-order valence-electron chi connectivity index (χ0n) is 18.1. The van der Waals surface area contributed by atoms with E-state index in [-0.39, 0.29) is 36.4 Å². The molecule has 0 bridgehead atoms. The van der Waals surface area contributed by atoms with Crippen LogP contribution in [0.1, 0.15) is 12.1 Å². The number of nitrogens with zero attached hydrogens (tertiary/aromatic N) is 4. The lowest BCUT2D eigenvalue weighted by Crippen LogP contribution is -2.44. The number of aryl methyl sites for hydroxylation is 1. The van der Waals surface area contributed by atoms with Crippen LogP contribution >= 0.6 is 24.0 Å². The van der Waals surface area contributed by atoms with E-state index in [4.69, 9.17) is 0 Å². The van der Waals surface area contributed by atoms with Gasteiger partial charge in [0, 0.05) is 63.8 Å². The third kappa shape index (κ3) is 7.54. The average Bonchev–Trinajstić information content (AvgIpc) is 3.20. The molecular formula is C23H31IN6O. The predicted molar refractivity (Wildman–Crippen MR) is 137 cm³/mol. The minimum atomic E-state index is 0. The Morgan fingerprint density at radius 3 is 2.71 bits per heavy atom. The summed E-state index contributed by atoms with van der Waals surface area (Å²) in [5.41, 5.74) is 2.23. The second kappa shape index (κ2) is 12.9. The number of nitrogens with one attached hydrogen (secondary N) is 2. The lowest BCUT2D eigenvalue weighted by atomic mass is 10.2. The molecule has 3 aromatic rings. The molecule has 3 rings (SSSR count). The molecule has 0 saturated carbocycles. The number of guanidine groups is 1. The van der Waals surface area contributed by atoms with Gasteiger partial charge < -0.3 is 20.1 Å². The molecule has 31 heavy (non-hydrogen) atoms. The summed E-state index contributed by atoms with van der Waals surface area (Å²) in [5.74, 6) is 0.659. The highest BCUT2D eigenvalue weighted by Crippen LogP contribution is 2.15. The molecule has 2 N–H and O–H groups in total. The van der Waals surface area contributed by atoms with Gasteiger partial charge in [0.2, 0.25) is 5.91 Å². The van der Waals surface area contributed by atoms with Crippen molar-refractivity contribution in [3.8, 4) is 0 Å². The highest BCUT2D eigenvalue weighted by atomic mass is 127. The molecule has 0 fully saturated rings. The number of carbonyl (C=O) groups excluding carboxylic acids is 1. The maximum Gasteiger partial charge on any atom is 0.241 e. The van der Waals surface area contributed by atoms with Crippen molar-refractivity contribution in [2.75, 3.05) is 33.7 Å². The number of aromatic nitrogens is 2. The van der Waals surface area contributed by atoms with E-state index in [9.17, 15) is 4.79 Å².